The second-order valence-electron chi connectivity index (χ2n) is 5.08. The number of rotatable bonds is 2. The molecular weight excluding hydrogens is 243 g/mol. The first-order valence-electron chi connectivity index (χ1n) is 5.61. The Kier molecular flexibility index (Phi) is 3.48. The molecule has 2 rings (SSSR count). The lowest BCUT2D eigenvalue weighted by Gasteiger charge is -2.24. The van der Waals surface area contributed by atoms with Gasteiger partial charge in [0, 0.05) is 10.0 Å². The molecule has 1 saturated carbocycles. The van der Waals surface area contributed by atoms with Crippen molar-refractivity contribution in [1.82, 2.24) is 0 Å². The minimum Gasteiger partial charge on any atom is -0.393 e. The molecule has 2 atom stereocenters. The summed E-state index contributed by atoms with van der Waals surface area (Å²) >= 11 is 12.3. The molecule has 3 heteroatoms. The summed E-state index contributed by atoms with van der Waals surface area (Å²) in [5.74, 6) is 0. The van der Waals surface area contributed by atoms with Gasteiger partial charge in [-0.2, -0.15) is 0 Å². The Morgan fingerprint density at radius 1 is 1.38 bits per heavy atom. The quantitative estimate of drug-likeness (QED) is 0.848. The molecule has 88 valence electrons. The van der Waals surface area contributed by atoms with E-state index in [4.69, 9.17) is 23.2 Å². The Hall–Kier alpha value is -0.240. The van der Waals surface area contributed by atoms with Crippen LogP contribution in [0.5, 0.6) is 0 Å². The lowest BCUT2D eigenvalue weighted by atomic mass is 9.82. The maximum absolute atomic E-state index is 9.62. The number of benzene rings is 1. The molecule has 2 unspecified atom stereocenters. The van der Waals surface area contributed by atoms with E-state index >= 15 is 0 Å². The van der Waals surface area contributed by atoms with Gasteiger partial charge in [-0.3, -0.25) is 0 Å². The average molecular weight is 259 g/mol. The second kappa shape index (κ2) is 4.56. The standard InChI is InChI=1S/C13H16Cl2O/c1-13(6-5-9(16)7-13)8-10-11(14)3-2-4-12(10)15/h2-4,9,16H,5-8H2,1H3. The minimum absolute atomic E-state index is 0.133. The van der Waals surface area contributed by atoms with Crippen molar-refractivity contribution in [3.8, 4) is 0 Å². The van der Waals surface area contributed by atoms with Crippen LogP contribution in [0.15, 0.2) is 18.2 Å². The summed E-state index contributed by atoms with van der Waals surface area (Å²) in [4.78, 5) is 0. The van der Waals surface area contributed by atoms with Crippen LogP contribution in [0.2, 0.25) is 10.0 Å². The van der Waals surface area contributed by atoms with Crippen molar-refractivity contribution in [3.63, 3.8) is 0 Å². The smallest absolute Gasteiger partial charge is 0.0545 e. The zero-order valence-corrected chi connectivity index (χ0v) is 10.9. The SMILES string of the molecule is CC1(Cc2c(Cl)cccc2Cl)CCC(O)C1. The van der Waals surface area contributed by atoms with Gasteiger partial charge in [-0.05, 0) is 48.8 Å². The Morgan fingerprint density at radius 2 is 2.00 bits per heavy atom. The van der Waals surface area contributed by atoms with Crippen molar-refractivity contribution in [2.24, 2.45) is 5.41 Å². The van der Waals surface area contributed by atoms with Crippen LogP contribution < -0.4 is 0 Å². The zero-order chi connectivity index (χ0) is 11.8. The third-order valence-electron chi connectivity index (χ3n) is 3.47. The third-order valence-corrected chi connectivity index (χ3v) is 4.18. The summed E-state index contributed by atoms with van der Waals surface area (Å²) in [6, 6.07) is 5.61. The predicted molar refractivity (Wildman–Crippen MR) is 68.1 cm³/mol. The lowest BCUT2D eigenvalue weighted by molar-refractivity contribution is 0.163. The molecule has 1 nitrogen and oxygen atoms in total. The zero-order valence-electron chi connectivity index (χ0n) is 9.34. The van der Waals surface area contributed by atoms with Gasteiger partial charge >= 0.3 is 0 Å². The first-order valence-corrected chi connectivity index (χ1v) is 6.37. The highest BCUT2D eigenvalue weighted by Crippen LogP contribution is 2.42. The van der Waals surface area contributed by atoms with E-state index in [1.54, 1.807) is 0 Å². The monoisotopic (exact) mass is 258 g/mol. The highest BCUT2D eigenvalue weighted by molar-refractivity contribution is 6.36. The Labute approximate surface area is 106 Å². The van der Waals surface area contributed by atoms with E-state index in [2.05, 4.69) is 6.92 Å². The van der Waals surface area contributed by atoms with Gasteiger partial charge in [-0.1, -0.05) is 36.2 Å². The van der Waals surface area contributed by atoms with Gasteiger partial charge in [0.15, 0.2) is 0 Å². The Balaban J connectivity index is 2.21. The first-order chi connectivity index (χ1) is 7.50. The molecule has 1 N–H and O–H groups in total. The molecule has 1 aliphatic rings. The predicted octanol–water partition coefficient (Wildman–Crippen LogP) is 4.09. The summed E-state index contributed by atoms with van der Waals surface area (Å²) in [5, 5.41) is 11.1. The van der Waals surface area contributed by atoms with E-state index in [1.807, 2.05) is 18.2 Å². The fourth-order valence-electron chi connectivity index (χ4n) is 2.58. The fraction of sp³-hybridized carbons (Fsp3) is 0.538. The van der Waals surface area contributed by atoms with Gasteiger partial charge in [-0.25, -0.2) is 0 Å². The molecular formula is C13H16Cl2O. The summed E-state index contributed by atoms with van der Waals surface area (Å²) < 4.78 is 0. The van der Waals surface area contributed by atoms with E-state index in [-0.39, 0.29) is 11.5 Å². The molecule has 1 aromatic rings. The molecule has 0 aliphatic heterocycles. The molecule has 0 spiro atoms. The van der Waals surface area contributed by atoms with Crippen molar-refractivity contribution < 1.29 is 5.11 Å². The fourth-order valence-corrected chi connectivity index (χ4v) is 3.11. The van der Waals surface area contributed by atoms with Gasteiger partial charge in [0.25, 0.3) is 0 Å². The number of aliphatic hydroxyl groups is 1. The van der Waals surface area contributed by atoms with Crippen molar-refractivity contribution in [1.29, 1.82) is 0 Å². The second-order valence-corrected chi connectivity index (χ2v) is 5.90. The number of aliphatic hydroxyl groups excluding tert-OH is 1. The summed E-state index contributed by atoms with van der Waals surface area (Å²) in [6.07, 6.45) is 3.46. The van der Waals surface area contributed by atoms with Crippen LogP contribution in [0.1, 0.15) is 31.7 Å². The number of halogens is 2. The van der Waals surface area contributed by atoms with E-state index in [0.29, 0.717) is 0 Å². The van der Waals surface area contributed by atoms with E-state index < -0.39 is 0 Å². The first kappa shape index (κ1) is 12.2. The number of hydrogen-bond acceptors (Lipinski definition) is 1. The van der Waals surface area contributed by atoms with E-state index in [1.165, 1.54) is 0 Å². The van der Waals surface area contributed by atoms with Gasteiger partial charge in [-0.15, -0.1) is 0 Å². The third kappa shape index (κ3) is 2.53. The van der Waals surface area contributed by atoms with Crippen LogP contribution in [0.3, 0.4) is 0 Å². The molecule has 1 aliphatic carbocycles. The average Bonchev–Trinajstić information content (AvgIpc) is 2.53. The highest BCUT2D eigenvalue weighted by atomic mass is 35.5. The van der Waals surface area contributed by atoms with E-state index in [0.717, 1.165) is 41.3 Å². The van der Waals surface area contributed by atoms with Crippen LogP contribution >= 0.6 is 23.2 Å². The van der Waals surface area contributed by atoms with Gasteiger partial charge in [0.1, 0.15) is 0 Å². The molecule has 0 heterocycles. The molecule has 0 aromatic heterocycles. The molecule has 0 amide bonds. The van der Waals surface area contributed by atoms with Crippen LogP contribution in [0.4, 0.5) is 0 Å². The lowest BCUT2D eigenvalue weighted by Crippen LogP contribution is -2.17. The van der Waals surface area contributed by atoms with Crippen LogP contribution in [-0.4, -0.2) is 11.2 Å². The Bertz CT molecular complexity index is 371. The van der Waals surface area contributed by atoms with Gasteiger partial charge in [0.2, 0.25) is 0 Å². The van der Waals surface area contributed by atoms with Crippen molar-refractivity contribution in [3.05, 3.63) is 33.8 Å². The highest BCUT2D eigenvalue weighted by Gasteiger charge is 2.35. The maximum Gasteiger partial charge on any atom is 0.0545 e. The van der Waals surface area contributed by atoms with Crippen LogP contribution in [-0.2, 0) is 6.42 Å². The summed E-state index contributed by atoms with van der Waals surface area (Å²) in [7, 11) is 0. The molecule has 16 heavy (non-hydrogen) atoms. The van der Waals surface area contributed by atoms with E-state index in [9.17, 15) is 5.11 Å². The maximum atomic E-state index is 9.62. The topological polar surface area (TPSA) is 20.2 Å². The normalized spacial score (nSPS) is 29.6. The number of hydrogen-bond donors (Lipinski definition) is 1. The molecule has 0 radical (unpaired) electrons. The molecule has 1 fully saturated rings. The summed E-state index contributed by atoms with van der Waals surface area (Å²) in [6.45, 7) is 2.20. The van der Waals surface area contributed by atoms with Crippen LogP contribution in [0.25, 0.3) is 0 Å². The minimum atomic E-state index is -0.161. The largest absolute Gasteiger partial charge is 0.393 e. The van der Waals surface area contributed by atoms with Crippen LogP contribution in [0, 0.1) is 5.41 Å². The van der Waals surface area contributed by atoms with Crippen molar-refractivity contribution in [2.45, 2.75) is 38.7 Å². The van der Waals surface area contributed by atoms with Gasteiger partial charge < -0.3 is 5.11 Å². The van der Waals surface area contributed by atoms with Gasteiger partial charge in [0.05, 0.1) is 6.10 Å². The molecule has 0 saturated heterocycles. The van der Waals surface area contributed by atoms with Crippen molar-refractivity contribution in [2.75, 3.05) is 0 Å². The summed E-state index contributed by atoms with van der Waals surface area (Å²) in [5.41, 5.74) is 1.15. The molecule has 0 bridgehead atoms. The molecule has 1 aromatic carbocycles. The van der Waals surface area contributed by atoms with Crippen molar-refractivity contribution >= 4 is 23.2 Å². The Morgan fingerprint density at radius 3 is 2.50 bits per heavy atom.